The monoisotopic (exact) mass is 309 g/mol. The molecule has 2 heterocycles. The van der Waals surface area contributed by atoms with Crippen LogP contribution in [0.3, 0.4) is 0 Å². The van der Waals surface area contributed by atoms with E-state index in [-0.39, 0.29) is 23.5 Å². The Morgan fingerprint density at radius 2 is 1.78 bits per heavy atom. The van der Waals surface area contributed by atoms with E-state index in [9.17, 15) is 0 Å². The summed E-state index contributed by atoms with van der Waals surface area (Å²) in [5.74, 6) is 0.331. The number of aromatic nitrogens is 1. The van der Waals surface area contributed by atoms with Gasteiger partial charge in [-0.05, 0) is 19.9 Å². The van der Waals surface area contributed by atoms with Crippen molar-refractivity contribution in [1.29, 1.82) is 0 Å². The lowest BCUT2D eigenvalue weighted by atomic mass is 10.0. The number of ether oxygens (including phenoxy) is 2. The molecule has 0 amide bonds. The summed E-state index contributed by atoms with van der Waals surface area (Å²) in [6, 6.07) is 1.54. The van der Waals surface area contributed by atoms with Crippen molar-refractivity contribution in [2.45, 2.75) is 45.0 Å². The van der Waals surface area contributed by atoms with Gasteiger partial charge in [-0.25, -0.2) is 0 Å². The van der Waals surface area contributed by atoms with Gasteiger partial charge >= 0.3 is 0 Å². The van der Waals surface area contributed by atoms with Gasteiger partial charge in [0.2, 0.25) is 5.88 Å². The van der Waals surface area contributed by atoms with Crippen LogP contribution < -0.4 is 4.74 Å². The van der Waals surface area contributed by atoms with Crippen LogP contribution in [0.4, 0.5) is 0 Å². The fraction of sp³-hybridized carbons (Fsp3) is 0.583. The number of rotatable bonds is 2. The van der Waals surface area contributed by atoms with Gasteiger partial charge in [0.05, 0.1) is 17.2 Å². The van der Waals surface area contributed by atoms with E-state index < -0.39 is 0 Å². The molecule has 100 valence electrons. The minimum Gasteiger partial charge on any atom is -0.473 e. The molecule has 0 aliphatic carbocycles. The van der Waals surface area contributed by atoms with Crippen LogP contribution in [0.25, 0.3) is 0 Å². The molecule has 0 radical (unpaired) electrons. The molecule has 0 bridgehead atoms. The van der Waals surface area contributed by atoms with Crippen LogP contribution in [0, 0.1) is 0 Å². The van der Waals surface area contributed by atoms with Gasteiger partial charge in [-0.15, -0.1) is 0 Å². The molecule has 0 aromatic carbocycles. The summed E-state index contributed by atoms with van der Waals surface area (Å²) in [5, 5.41) is 0.892. The van der Waals surface area contributed by atoms with E-state index >= 15 is 0 Å². The standard InChI is InChI=1S/C12H14Cl3NO2/c1-6-3-8(4-7(2)17-6)18-12-10(14)5-9(13)11(15)16-12/h5-8H,3-4H2,1-2H3. The Morgan fingerprint density at radius 3 is 2.39 bits per heavy atom. The molecule has 3 nitrogen and oxygen atoms in total. The third-order valence-electron chi connectivity index (χ3n) is 2.79. The van der Waals surface area contributed by atoms with E-state index in [1.165, 1.54) is 0 Å². The Morgan fingerprint density at radius 1 is 1.17 bits per heavy atom. The molecule has 2 rings (SSSR count). The second kappa shape index (κ2) is 5.83. The summed E-state index contributed by atoms with van der Waals surface area (Å²) in [5.41, 5.74) is 0. The van der Waals surface area contributed by atoms with Crippen LogP contribution in [0.2, 0.25) is 15.2 Å². The maximum atomic E-state index is 6.03. The summed E-state index contributed by atoms with van der Waals surface area (Å²) < 4.78 is 11.4. The second-order valence-electron chi connectivity index (χ2n) is 4.52. The fourth-order valence-corrected chi connectivity index (χ4v) is 2.64. The van der Waals surface area contributed by atoms with Crippen LogP contribution in [-0.2, 0) is 4.74 Å². The molecule has 1 aliphatic heterocycles. The van der Waals surface area contributed by atoms with Gasteiger partial charge in [-0.2, -0.15) is 4.98 Å². The quantitative estimate of drug-likeness (QED) is 0.760. The van der Waals surface area contributed by atoms with Crippen molar-refractivity contribution in [3.05, 3.63) is 21.3 Å². The van der Waals surface area contributed by atoms with E-state index in [1.54, 1.807) is 6.07 Å². The normalized spacial score (nSPS) is 28.2. The fourth-order valence-electron chi connectivity index (χ4n) is 2.11. The maximum Gasteiger partial charge on any atom is 0.234 e. The first-order chi connectivity index (χ1) is 8.45. The molecule has 0 spiro atoms. The van der Waals surface area contributed by atoms with E-state index in [1.807, 2.05) is 13.8 Å². The highest BCUT2D eigenvalue weighted by atomic mass is 35.5. The first kappa shape index (κ1) is 14.2. The molecule has 1 aliphatic rings. The first-order valence-corrected chi connectivity index (χ1v) is 6.92. The SMILES string of the molecule is CC1CC(Oc2nc(Cl)c(Cl)cc2Cl)CC(C)O1. The number of nitrogens with zero attached hydrogens (tertiary/aromatic N) is 1. The molecular formula is C12H14Cl3NO2. The maximum absolute atomic E-state index is 6.03. The van der Waals surface area contributed by atoms with Crippen LogP contribution >= 0.6 is 34.8 Å². The van der Waals surface area contributed by atoms with Gasteiger partial charge < -0.3 is 9.47 Å². The van der Waals surface area contributed by atoms with E-state index in [2.05, 4.69) is 4.98 Å². The smallest absolute Gasteiger partial charge is 0.234 e. The summed E-state index contributed by atoms with van der Waals surface area (Å²) in [6.45, 7) is 4.05. The lowest BCUT2D eigenvalue weighted by Crippen LogP contribution is -2.35. The number of pyridine rings is 1. The minimum atomic E-state index is 0.0333. The van der Waals surface area contributed by atoms with Crippen LogP contribution in [0.15, 0.2) is 6.07 Å². The highest BCUT2D eigenvalue weighted by molar-refractivity contribution is 6.42. The van der Waals surface area contributed by atoms with Gasteiger partial charge in [0.1, 0.15) is 11.1 Å². The Labute approximate surface area is 121 Å². The molecule has 2 atom stereocenters. The van der Waals surface area contributed by atoms with Gasteiger partial charge in [-0.1, -0.05) is 34.8 Å². The van der Waals surface area contributed by atoms with Crippen LogP contribution in [0.5, 0.6) is 5.88 Å². The number of hydrogen-bond acceptors (Lipinski definition) is 3. The van der Waals surface area contributed by atoms with Crippen molar-refractivity contribution in [2.75, 3.05) is 0 Å². The summed E-state index contributed by atoms with van der Waals surface area (Å²) in [4.78, 5) is 4.05. The average Bonchev–Trinajstić information content (AvgIpc) is 2.24. The summed E-state index contributed by atoms with van der Waals surface area (Å²) in [7, 11) is 0. The molecule has 1 aromatic rings. The van der Waals surface area contributed by atoms with Gasteiger partial charge in [-0.3, -0.25) is 0 Å². The first-order valence-electron chi connectivity index (χ1n) is 5.79. The zero-order valence-electron chi connectivity index (χ0n) is 10.1. The van der Waals surface area contributed by atoms with Gasteiger partial charge in [0.25, 0.3) is 0 Å². The molecule has 1 aromatic heterocycles. The number of halogens is 3. The minimum absolute atomic E-state index is 0.0333. The summed E-state index contributed by atoms with van der Waals surface area (Å²) in [6.07, 6.45) is 1.98. The van der Waals surface area contributed by atoms with E-state index in [4.69, 9.17) is 44.3 Å². The predicted octanol–water partition coefficient (Wildman–Crippen LogP) is 4.38. The highest BCUT2D eigenvalue weighted by Gasteiger charge is 2.27. The predicted molar refractivity (Wildman–Crippen MR) is 72.9 cm³/mol. The van der Waals surface area contributed by atoms with Gasteiger partial charge in [0, 0.05) is 12.8 Å². The van der Waals surface area contributed by atoms with Crippen LogP contribution in [0.1, 0.15) is 26.7 Å². The Hall–Kier alpha value is -0.220. The Balaban J connectivity index is 2.11. The summed E-state index contributed by atoms with van der Waals surface area (Å²) >= 11 is 17.7. The topological polar surface area (TPSA) is 31.4 Å². The third kappa shape index (κ3) is 3.41. The molecule has 2 unspecified atom stereocenters. The molecule has 6 heteroatoms. The zero-order valence-corrected chi connectivity index (χ0v) is 12.4. The third-order valence-corrected chi connectivity index (χ3v) is 3.73. The van der Waals surface area contributed by atoms with Crippen molar-refractivity contribution >= 4 is 34.8 Å². The van der Waals surface area contributed by atoms with Crippen molar-refractivity contribution in [3.8, 4) is 5.88 Å². The lowest BCUT2D eigenvalue weighted by Gasteiger charge is -2.32. The second-order valence-corrected chi connectivity index (χ2v) is 5.69. The lowest BCUT2D eigenvalue weighted by molar-refractivity contribution is -0.0729. The van der Waals surface area contributed by atoms with E-state index in [0.717, 1.165) is 12.8 Å². The highest BCUT2D eigenvalue weighted by Crippen LogP contribution is 2.32. The van der Waals surface area contributed by atoms with Crippen LogP contribution in [-0.4, -0.2) is 23.3 Å². The largest absolute Gasteiger partial charge is 0.473 e. The van der Waals surface area contributed by atoms with Gasteiger partial charge in [0.15, 0.2) is 5.15 Å². The molecule has 1 saturated heterocycles. The average molecular weight is 311 g/mol. The molecule has 18 heavy (non-hydrogen) atoms. The Bertz CT molecular complexity index is 432. The number of hydrogen-bond donors (Lipinski definition) is 0. The molecular weight excluding hydrogens is 296 g/mol. The molecule has 0 saturated carbocycles. The zero-order chi connectivity index (χ0) is 13.3. The van der Waals surface area contributed by atoms with Crippen molar-refractivity contribution in [2.24, 2.45) is 0 Å². The molecule has 1 fully saturated rings. The molecule has 0 N–H and O–H groups in total. The Kier molecular flexibility index (Phi) is 4.59. The van der Waals surface area contributed by atoms with Crippen molar-refractivity contribution < 1.29 is 9.47 Å². The van der Waals surface area contributed by atoms with E-state index in [0.29, 0.717) is 15.9 Å². The van der Waals surface area contributed by atoms with Crippen molar-refractivity contribution in [1.82, 2.24) is 4.98 Å². The van der Waals surface area contributed by atoms with Crippen molar-refractivity contribution in [3.63, 3.8) is 0 Å².